The lowest BCUT2D eigenvalue weighted by molar-refractivity contribution is -0.274. The minimum Gasteiger partial charge on any atom is -0.406 e. The third kappa shape index (κ3) is 5.45. The molecule has 5 rings (SSSR count). The lowest BCUT2D eigenvalue weighted by Gasteiger charge is -2.46. The van der Waals surface area contributed by atoms with Crippen LogP contribution in [0.3, 0.4) is 0 Å². The molecule has 0 saturated carbocycles. The van der Waals surface area contributed by atoms with Crippen molar-refractivity contribution >= 4 is 17.3 Å². The average Bonchev–Trinajstić information content (AvgIpc) is 3.26. The Morgan fingerprint density at radius 1 is 1.08 bits per heavy atom. The van der Waals surface area contributed by atoms with Crippen LogP contribution < -0.4 is 19.9 Å². The van der Waals surface area contributed by atoms with Gasteiger partial charge in [0.05, 0.1) is 11.6 Å². The van der Waals surface area contributed by atoms with Crippen molar-refractivity contribution in [3.05, 3.63) is 77.6 Å². The summed E-state index contributed by atoms with van der Waals surface area (Å²) in [6.07, 6.45) is 0.642. The molecule has 0 radical (unpaired) electrons. The number of ether oxygens (including phenoxy) is 1. The largest absolute Gasteiger partial charge is 0.573 e. The third-order valence-corrected chi connectivity index (χ3v) is 6.97. The van der Waals surface area contributed by atoms with Crippen molar-refractivity contribution in [2.75, 3.05) is 29.9 Å². The normalized spacial score (nSPS) is 15.7. The number of anilines is 2. The van der Waals surface area contributed by atoms with Gasteiger partial charge in [0.1, 0.15) is 5.75 Å². The van der Waals surface area contributed by atoms with Gasteiger partial charge in [-0.3, -0.25) is 4.79 Å². The standard InChI is InChI=1S/C27H29F3N4O2/c1-32(24-17-34(18-24)22-9-11-25(12-10-22)36-27(28,29)30)21-7-5-19(6-8-21)15-31-26(35)20-14-23-4-2-3-13-33(23)16-20/h5-12,14,16,24H,2-4,13,15,17-18H2,1H3,(H,31,35). The number of fused-ring (bicyclic) bond motifs is 1. The van der Waals surface area contributed by atoms with Gasteiger partial charge in [0.15, 0.2) is 0 Å². The van der Waals surface area contributed by atoms with Crippen LogP contribution in [0.2, 0.25) is 0 Å². The van der Waals surface area contributed by atoms with Gasteiger partial charge in [0.25, 0.3) is 5.91 Å². The van der Waals surface area contributed by atoms with Crippen LogP contribution in [-0.4, -0.2) is 43.0 Å². The first-order chi connectivity index (χ1) is 17.2. The van der Waals surface area contributed by atoms with Crippen molar-refractivity contribution in [1.82, 2.24) is 9.88 Å². The number of rotatable bonds is 7. The van der Waals surface area contributed by atoms with Crippen molar-refractivity contribution in [3.63, 3.8) is 0 Å². The Morgan fingerprint density at radius 3 is 2.47 bits per heavy atom. The highest BCUT2D eigenvalue weighted by Crippen LogP contribution is 2.29. The number of hydrogen-bond acceptors (Lipinski definition) is 4. The number of nitrogens with one attached hydrogen (secondary N) is 1. The molecular weight excluding hydrogens is 469 g/mol. The van der Waals surface area contributed by atoms with Crippen LogP contribution in [0, 0.1) is 0 Å². The number of halogens is 3. The Kier molecular flexibility index (Phi) is 6.55. The molecule has 2 aromatic carbocycles. The van der Waals surface area contributed by atoms with E-state index in [4.69, 9.17) is 0 Å². The topological polar surface area (TPSA) is 49.7 Å². The maximum Gasteiger partial charge on any atom is 0.573 e. The second kappa shape index (κ2) is 9.79. The molecule has 2 aliphatic heterocycles. The zero-order chi connectivity index (χ0) is 25.3. The molecule has 3 aromatic rings. The lowest BCUT2D eigenvalue weighted by atomic mass is 10.0. The molecular formula is C27H29F3N4O2. The zero-order valence-electron chi connectivity index (χ0n) is 20.1. The summed E-state index contributed by atoms with van der Waals surface area (Å²) >= 11 is 0. The summed E-state index contributed by atoms with van der Waals surface area (Å²) in [6, 6.07) is 16.4. The van der Waals surface area contributed by atoms with Crippen molar-refractivity contribution in [3.8, 4) is 5.75 Å². The van der Waals surface area contributed by atoms with Gasteiger partial charge in [-0.2, -0.15) is 0 Å². The van der Waals surface area contributed by atoms with Crippen LogP contribution in [0.15, 0.2) is 60.8 Å². The van der Waals surface area contributed by atoms with E-state index in [1.165, 1.54) is 24.2 Å². The number of carbonyl (C=O) groups excluding carboxylic acids is 1. The first kappa shape index (κ1) is 24.1. The molecule has 9 heteroatoms. The molecule has 0 atom stereocenters. The summed E-state index contributed by atoms with van der Waals surface area (Å²) in [4.78, 5) is 16.9. The first-order valence-corrected chi connectivity index (χ1v) is 12.1. The Morgan fingerprint density at radius 2 is 1.81 bits per heavy atom. The summed E-state index contributed by atoms with van der Waals surface area (Å²) in [5, 5.41) is 3.01. The van der Waals surface area contributed by atoms with E-state index >= 15 is 0 Å². The zero-order valence-corrected chi connectivity index (χ0v) is 20.1. The first-order valence-electron chi connectivity index (χ1n) is 12.1. The smallest absolute Gasteiger partial charge is 0.406 e. The number of alkyl halides is 3. The third-order valence-electron chi connectivity index (χ3n) is 6.97. The van der Waals surface area contributed by atoms with E-state index in [-0.39, 0.29) is 11.7 Å². The number of carbonyl (C=O) groups is 1. The monoisotopic (exact) mass is 498 g/mol. The van der Waals surface area contributed by atoms with Gasteiger partial charge in [-0.25, -0.2) is 0 Å². The van der Waals surface area contributed by atoms with Crippen molar-refractivity contribution in [2.24, 2.45) is 0 Å². The molecule has 6 nitrogen and oxygen atoms in total. The molecule has 190 valence electrons. The van der Waals surface area contributed by atoms with Crippen LogP contribution >= 0.6 is 0 Å². The number of nitrogens with zero attached hydrogens (tertiary/aromatic N) is 3. The molecule has 1 amide bonds. The number of amides is 1. The summed E-state index contributed by atoms with van der Waals surface area (Å²) < 4.78 is 43.1. The highest BCUT2D eigenvalue weighted by Gasteiger charge is 2.32. The van der Waals surface area contributed by atoms with E-state index in [2.05, 4.69) is 24.4 Å². The molecule has 0 bridgehead atoms. The molecule has 1 fully saturated rings. The minimum atomic E-state index is -4.69. The summed E-state index contributed by atoms with van der Waals surface area (Å²) in [6.45, 7) is 3.00. The Hall–Kier alpha value is -3.62. The van der Waals surface area contributed by atoms with Gasteiger partial charge in [-0.05, 0) is 67.3 Å². The molecule has 2 aliphatic rings. The van der Waals surface area contributed by atoms with E-state index in [0.29, 0.717) is 12.6 Å². The molecule has 0 aliphatic carbocycles. The second-order valence-corrected chi connectivity index (χ2v) is 9.43. The Labute approximate surface area is 208 Å². The summed E-state index contributed by atoms with van der Waals surface area (Å²) in [5.74, 6) is -0.268. The fourth-order valence-electron chi connectivity index (χ4n) is 4.80. The molecule has 1 saturated heterocycles. The molecule has 1 aromatic heterocycles. The predicted octanol–water partition coefficient (Wildman–Crippen LogP) is 4.98. The van der Waals surface area contributed by atoms with Crippen LogP contribution in [0.5, 0.6) is 5.75 Å². The molecule has 3 heterocycles. The summed E-state index contributed by atoms with van der Waals surface area (Å²) in [7, 11) is 2.04. The van der Waals surface area contributed by atoms with Crippen LogP contribution in [0.4, 0.5) is 24.5 Å². The van der Waals surface area contributed by atoms with Gasteiger partial charge in [-0.15, -0.1) is 13.2 Å². The van der Waals surface area contributed by atoms with Crippen molar-refractivity contribution < 1.29 is 22.7 Å². The Bertz CT molecular complexity index is 1180. The van der Waals surface area contributed by atoms with E-state index in [0.717, 1.165) is 55.0 Å². The van der Waals surface area contributed by atoms with E-state index in [1.54, 1.807) is 12.1 Å². The van der Waals surface area contributed by atoms with Crippen LogP contribution in [0.25, 0.3) is 0 Å². The fourth-order valence-corrected chi connectivity index (χ4v) is 4.80. The second-order valence-electron chi connectivity index (χ2n) is 9.43. The lowest BCUT2D eigenvalue weighted by Crippen LogP contribution is -2.58. The van der Waals surface area contributed by atoms with Crippen LogP contribution in [0.1, 0.15) is 34.5 Å². The maximum atomic E-state index is 12.6. The van der Waals surface area contributed by atoms with Gasteiger partial charge < -0.3 is 24.4 Å². The SMILES string of the molecule is CN(c1ccc(CNC(=O)c2cc3n(c2)CCCC3)cc1)C1CN(c2ccc(OC(F)(F)F)cc2)C1. The summed E-state index contributed by atoms with van der Waals surface area (Å²) in [5.41, 5.74) is 4.93. The quantitative estimate of drug-likeness (QED) is 0.499. The van der Waals surface area contributed by atoms with Crippen molar-refractivity contribution in [1.29, 1.82) is 0 Å². The predicted molar refractivity (Wildman–Crippen MR) is 133 cm³/mol. The highest BCUT2D eigenvalue weighted by atomic mass is 19.4. The van der Waals surface area contributed by atoms with Crippen molar-refractivity contribution in [2.45, 2.75) is 44.8 Å². The van der Waals surface area contributed by atoms with Crippen LogP contribution in [-0.2, 0) is 19.5 Å². The maximum absolute atomic E-state index is 12.6. The highest BCUT2D eigenvalue weighted by molar-refractivity contribution is 5.94. The van der Waals surface area contributed by atoms with Gasteiger partial charge in [0.2, 0.25) is 0 Å². The van der Waals surface area contributed by atoms with Gasteiger partial charge in [-0.1, -0.05) is 12.1 Å². The average molecular weight is 499 g/mol. The van der Waals surface area contributed by atoms with E-state index in [1.807, 2.05) is 43.6 Å². The number of likely N-dealkylation sites (N-methyl/N-ethyl adjacent to an activating group) is 1. The molecule has 0 unspecified atom stereocenters. The van der Waals surface area contributed by atoms with E-state index < -0.39 is 6.36 Å². The Balaban J connectivity index is 1.10. The fraction of sp³-hybridized carbons (Fsp3) is 0.370. The molecule has 36 heavy (non-hydrogen) atoms. The van der Waals surface area contributed by atoms with Gasteiger partial charge in [0, 0.05) is 56.5 Å². The van der Waals surface area contributed by atoms with Gasteiger partial charge >= 0.3 is 6.36 Å². The number of aryl methyl sites for hydroxylation is 2. The van der Waals surface area contributed by atoms with E-state index in [9.17, 15) is 18.0 Å². The number of aromatic nitrogens is 1. The number of hydrogen-bond donors (Lipinski definition) is 1. The number of benzene rings is 2. The molecule has 0 spiro atoms. The minimum absolute atomic E-state index is 0.0503. The molecule has 1 N–H and O–H groups in total.